The fourth-order valence-corrected chi connectivity index (χ4v) is 2.82. The molecule has 0 bridgehead atoms. The molecule has 0 N–H and O–H groups in total. The summed E-state index contributed by atoms with van der Waals surface area (Å²) in [4.78, 5) is 15.5. The van der Waals surface area contributed by atoms with Crippen LogP contribution in [0.1, 0.15) is 17.7 Å². The number of amides is 1. The van der Waals surface area contributed by atoms with Crippen LogP contribution in [0.2, 0.25) is 0 Å². The van der Waals surface area contributed by atoms with Crippen molar-refractivity contribution >= 4 is 17.2 Å². The maximum atomic E-state index is 12.3. The van der Waals surface area contributed by atoms with E-state index in [2.05, 4.69) is 6.07 Å². The van der Waals surface area contributed by atoms with Gasteiger partial charge < -0.3 is 9.64 Å². The molecule has 20 heavy (non-hydrogen) atoms. The van der Waals surface area contributed by atoms with Gasteiger partial charge in [-0.05, 0) is 36.4 Å². The van der Waals surface area contributed by atoms with Crippen molar-refractivity contribution in [3.63, 3.8) is 0 Å². The molecule has 0 radical (unpaired) electrons. The van der Waals surface area contributed by atoms with Gasteiger partial charge in [0, 0.05) is 10.9 Å². The first-order valence-electron chi connectivity index (χ1n) is 6.82. The Kier molecular flexibility index (Phi) is 4.02. The second-order valence-corrected chi connectivity index (χ2v) is 5.97. The third-order valence-corrected chi connectivity index (χ3v) is 4.18. The normalized spacial score (nSPS) is 14.0. The van der Waals surface area contributed by atoms with E-state index in [-0.39, 0.29) is 12.5 Å². The van der Waals surface area contributed by atoms with E-state index in [1.165, 1.54) is 4.88 Å². The topological polar surface area (TPSA) is 29.5 Å². The molecule has 3 nitrogen and oxygen atoms in total. The number of carbonyl (C=O) groups excluding carboxylic acids is 1. The van der Waals surface area contributed by atoms with Crippen LogP contribution in [-0.4, -0.2) is 23.5 Å². The molecule has 0 spiro atoms. The molecule has 0 saturated heterocycles. The fraction of sp³-hybridized carbons (Fsp3) is 0.312. The van der Waals surface area contributed by atoms with Crippen LogP contribution in [0.25, 0.3) is 0 Å². The maximum Gasteiger partial charge on any atom is 0.261 e. The Hall–Kier alpha value is -1.81. The predicted molar refractivity (Wildman–Crippen MR) is 79.8 cm³/mol. The van der Waals surface area contributed by atoms with E-state index < -0.39 is 0 Å². The Morgan fingerprint density at radius 1 is 1.20 bits per heavy atom. The molecule has 1 amide bonds. The molecule has 1 heterocycles. The minimum atomic E-state index is 0.0738. The number of carbonyl (C=O) groups is 1. The summed E-state index contributed by atoms with van der Waals surface area (Å²) >= 11 is 1.69. The molecule has 1 aliphatic carbocycles. The van der Waals surface area contributed by atoms with Crippen molar-refractivity contribution in [1.82, 2.24) is 4.90 Å². The minimum absolute atomic E-state index is 0.0738. The maximum absolute atomic E-state index is 12.3. The van der Waals surface area contributed by atoms with Crippen LogP contribution < -0.4 is 4.74 Å². The van der Waals surface area contributed by atoms with Crippen LogP contribution in [0, 0.1) is 0 Å². The number of hydrogen-bond donors (Lipinski definition) is 0. The minimum Gasteiger partial charge on any atom is -0.484 e. The van der Waals surface area contributed by atoms with Crippen molar-refractivity contribution in [2.24, 2.45) is 0 Å². The van der Waals surface area contributed by atoms with Crippen molar-refractivity contribution in [2.45, 2.75) is 25.4 Å². The molecule has 1 saturated carbocycles. The Balaban J connectivity index is 1.58. The summed E-state index contributed by atoms with van der Waals surface area (Å²) in [5.74, 6) is 0.817. The van der Waals surface area contributed by atoms with E-state index in [0.717, 1.165) is 18.6 Å². The second kappa shape index (κ2) is 6.09. The highest BCUT2D eigenvalue weighted by atomic mass is 32.1. The van der Waals surface area contributed by atoms with E-state index >= 15 is 0 Å². The van der Waals surface area contributed by atoms with Gasteiger partial charge in [0.2, 0.25) is 0 Å². The predicted octanol–water partition coefficient (Wildman–Crippen LogP) is 3.32. The fourth-order valence-electron chi connectivity index (χ4n) is 2.12. The second-order valence-electron chi connectivity index (χ2n) is 4.93. The van der Waals surface area contributed by atoms with Gasteiger partial charge in [-0.15, -0.1) is 11.3 Å². The third-order valence-electron chi connectivity index (χ3n) is 3.32. The van der Waals surface area contributed by atoms with E-state index in [0.29, 0.717) is 12.6 Å². The van der Waals surface area contributed by atoms with Gasteiger partial charge >= 0.3 is 0 Å². The molecule has 2 aromatic rings. The Morgan fingerprint density at radius 2 is 2.00 bits per heavy atom. The summed E-state index contributed by atoms with van der Waals surface area (Å²) in [6.45, 7) is 0.825. The Morgan fingerprint density at radius 3 is 2.65 bits per heavy atom. The van der Waals surface area contributed by atoms with Gasteiger partial charge in [-0.1, -0.05) is 24.3 Å². The summed E-state index contributed by atoms with van der Waals surface area (Å²) in [5, 5.41) is 2.05. The monoisotopic (exact) mass is 287 g/mol. The molecule has 1 aromatic heterocycles. The highest BCUT2D eigenvalue weighted by Crippen LogP contribution is 2.29. The van der Waals surface area contributed by atoms with Gasteiger partial charge in [0.15, 0.2) is 6.61 Å². The van der Waals surface area contributed by atoms with Crippen molar-refractivity contribution in [3.8, 4) is 5.75 Å². The molecule has 3 rings (SSSR count). The summed E-state index contributed by atoms with van der Waals surface area (Å²) in [7, 11) is 0. The summed E-state index contributed by atoms with van der Waals surface area (Å²) in [6.07, 6.45) is 2.23. The van der Waals surface area contributed by atoms with Crippen LogP contribution in [0.3, 0.4) is 0 Å². The number of benzene rings is 1. The average molecular weight is 287 g/mol. The van der Waals surface area contributed by atoms with E-state index in [9.17, 15) is 4.79 Å². The zero-order valence-corrected chi connectivity index (χ0v) is 12.0. The van der Waals surface area contributed by atoms with E-state index in [1.807, 2.05) is 46.7 Å². The Labute approximate surface area is 122 Å². The number of nitrogens with zero attached hydrogens (tertiary/aromatic N) is 1. The van der Waals surface area contributed by atoms with Crippen molar-refractivity contribution in [2.75, 3.05) is 6.61 Å². The zero-order valence-electron chi connectivity index (χ0n) is 11.2. The molecule has 1 fully saturated rings. The number of rotatable bonds is 6. The van der Waals surface area contributed by atoms with E-state index in [1.54, 1.807) is 11.3 Å². The molecule has 1 aromatic carbocycles. The summed E-state index contributed by atoms with van der Waals surface area (Å²) in [6, 6.07) is 14.0. The van der Waals surface area contributed by atoms with Gasteiger partial charge in [-0.25, -0.2) is 0 Å². The first-order chi connectivity index (χ1) is 9.83. The molecule has 0 atom stereocenters. The molecule has 0 unspecified atom stereocenters. The highest BCUT2D eigenvalue weighted by molar-refractivity contribution is 7.09. The van der Waals surface area contributed by atoms with Gasteiger partial charge in [0.05, 0.1) is 6.54 Å². The van der Waals surface area contributed by atoms with Crippen molar-refractivity contribution < 1.29 is 9.53 Å². The lowest BCUT2D eigenvalue weighted by Crippen LogP contribution is -2.36. The lowest BCUT2D eigenvalue weighted by atomic mass is 10.3. The van der Waals surface area contributed by atoms with Crippen LogP contribution in [-0.2, 0) is 11.3 Å². The smallest absolute Gasteiger partial charge is 0.261 e. The van der Waals surface area contributed by atoms with Gasteiger partial charge in [0.1, 0.15) is 5.75 Å². The quantitative estimate of drug-likeness (QED) is 0.815. The SMILES string of the molecule is O=C(COc1ccccc1)N(Cc1cccs1)C1CC1. The molecule has 0 aliphatic heterocycles. The Bertz CT molecular complexity index is 549. The van der Waals surface area contributed by atoms with Crippen LogP contribution >= 0.6 is 11.3 Å². The largest absolute Gasteiger partial charge is 0.484 e. The average Bonchev–Trinajstić information content (AvgIpc) is 3.20. The standard InChI is InChI=1S/C16H17NO2S/c18-16(12-19-14-5-2-1-3-6-14)17(13-8-9-13)11-15-7-4-10-20-15/h1-7,10,13H,8-9,11-12H2. The van der Waals surface area contributed by atoms with Crippen molar-refractivity contribution in [3.05, 3.63) is 52.7 Å². The summed E-state index contributed by atoms with van der Waals surface area (Å²) in [5.41, 5.74) is 0. The lowest BCUT2D eigenvalue weighted by Gasteiger charge is -2.21. The number of hydrogen-bond acceptors (Lipinski definition) is 3. The first kappa shape index (κ1) is 13.2. The van der Waals surface area contributed by atoms with Gasteiger partial charge in [-0.3, -0.25) is 4.79 Å². The van der Waals surface area contributed by atoms with Crippen LogP contribution in [0.15, 0.2) is 47.8 Å². The third kappa shape index (κ3) is 3.39. The molecular formula is C16H17NO2S. The highest BCUT2D eigenvalue weighted by Gasteiger charge is 2.32. The first-order valence-corrected chi connectivity index (χ1v) is 7.70. The van der Waals surface area contributed by atoms with Gasteiger partial charge in [0.25, 0.3) is 5.91 Å². The molecule has 104 valence electrons. The molecular weight excluding hydrogens is 270 g/mol. The molecule has 1 aliphatic rings. The number of para-hydroxylation sites is 1. The van der Waals surface area contributed by atoms with E-state index in [4.69, 9.17) is 4.74 Å². The lowest BCUT2D eigenvalue weighted by molar-refractivity contribution is -0.134. The van der Waals surface area contributed by atoms with Crippen LogP contribution in [0.5, 0.6) is 5.75 Å². The summed E-state index contributed by atoms with van der Waals surface area (Å²) < 4.78 is 5.56. The van der Waals surface area contributed by atoms with Gasteiger partial charge in [-0.2, -0.15) is 0 Å². The van der Waals surface area contributed by atoms with Crippen LogP contribution in [0.4, 0.5) is 0 Å². The zero-order chi connectivity index (χ0) is 13.8. The molecule has 4 heteroatoms. The number of ether oxygens (including phenoxy) is 1. The van der Waals surface area contributed by atoms with Crippen molar-refractivity contribution in [1.29, 1.82) is 0 Å². The number of thiophene rings is 1.